The highest BCUT2D eigenvalue weighted by Gasteiger charge is 2.34. The molecule has 27 heavy (non-hydrogen) atoms. The minimum absolute atomic E-state index is 0.104. The normalized spacial score (nSPS) is 21.3. The number of halogens is 1. The summed E-state index contributed by atoms with van der Waals surface area (Å²) in [4.78, 5) is 4.57. The fourth-order valence-corrected chi connectivity index (χ4v) is 5.48. The Kier molecular flexibility index (Phi) is 5.13. The number of piperidine rings is 1. The Morgan fingerprint density at radius 3 is 2.89 bits per heavy atom. The second kappa shape index (κ2) is 7.41. The fourth-order valence-electron chi connectivity index (χ4n) is 3.51. The number of hydrogen-bond acceptors (Lipinski definition) is 6. The van der Waals surface area contributed by atoms with E-state index in [0.29, 0.717) is 42.1 Å². The molecule has 1 saturated heterocycles. The molecule has 7 nitrogen and oxygen atoms in total. The second-order valence-electron chi connectivity index (χ2n) is 7.19. The lowest BCUT2D eigenvalue weighted by Crippen LogP contribution is -2.40. The van der Waals surface area contributed by atoms with Crippen molar-refractivity contribution >= 4 is 21.6 Å². The third-order valence-electron chi connectivity index (χ3n) is 5.11. The van der Waals surface area contributed by atoms with E-state index in [-0.39, 0.29) is 10.8 Å². The number of aromatic nitrogens is 2. The Bertz CT molecular complexity index is 926. The Hall–Kier alpha value is -1.64. The summed E-state index contributed by atoms with van der Waals surface area (Å²) >= 11 is 6.02. The molecule has 0 amide bonds. The van der Waals surface area contributed by atoms with E-state index in [2.05, 4.69) is 10.1 Å². The van der Waals surface area contributed by atoms with Crippen LogP contribution in [0.25, 0.3) is 0 Å². The van der Waals surface area contributed by atoms with Crippen LogP contribution in [0.4, 0.5) is 0 Å². The number of ether oxygens (including phenoxy) is 1. The van der Waals surface area contributed by atoms with Crippen LogP contribution >= 0.6 is 11.6 Å². The summed E-state index contributed by atoms with van der Waals surface area (Å²) in [6.45, 7) is 0.894. The van der Waals surface area contributed by atoms with E-state index in [1.165, 1.54) is 17.5 Å². The molecule has 0 N–H and O–H groups in total. The Morgan fingerprint density at radius 2 is 2.15 bits per heavy atom. The lowest BCUT2D eigenvalue weighted by Gasteiger charge is -2.31. The topological polar surface area (TPSA) is 85.5 Å². The highest BCUT2D eigenvalue weighted by atomic mass is 35.5. The first-order valence-corrected chi connectivity index (χ1v) is 11.0. The average molecular weight is 412 g/mol. The summed E-state index contributed by atoms with van der Waals surface area (Å²) < 4.78 is 38.4. The largest absolute Gasteiger partial charge is 0.495 e. The van der Waals surface area contributed by atoms with Gasteiger partial charge in [0.05, 0.1) is 7.11 Å². The van der Waals surface area contributed by atoms with Crippen LogP contribution in [-0.4, -0.2) is 43.1 Å². The van der Waals surface area contributed by atoms with Gasteiger partial charge in [-0.3, -0.25) is 0 Å². The summed E-state index contributed by atoms with van der Waals surface area (Å²) in [5.41, 5.74) is 0. The van der Waals surface area contributed by atoms with Crippen LogP contribution in [0.1, 0.15) is 43.3 Å². The molecule has 2 aromatic rings. The van der Waals surface area contributed by atoms with E-state index in [0.717, 1.165) is 31.5 Å². The Labute approximate surface area is 163 Å². The lowest BCUT2D eigenvalue weighted by atomic mass is 9.96. The summed E-state index contributed by atoms with van der Waals surface area (Å²) in [6.07, 6.45) is 4.56. The second-order valence-corrected chi connectivity index (χ2v) is 9.53. The molecule has 1 saturated carbocycles. The first-order chi connectivity index (χ1) is 13.0. The van der Waals surface area contributed by atoms with Crippen molar-refractivity contribution in [2.75, 3.05) is 20.2 Å². The van der Waals surface area contributed by atoms with Gasteiger partial charge in [0.15, 0.2) is 5.82 Å². The van der Waals surface area contributed by atoms with Crippen molar-refractivity contribution < 1.29 is 17.7 Å². The van der Waals surface area contributed by atoms with Crippen molar-refractivity contribution in [3.8, 4) is 5.75 Å². The van der Waals surface area contributed by atoms with E-state index < -0.39 is 10.0 Å². The number of sulfonamides is 1. The van der Waals surface area contributed by atoms with Crippen molar-refractivity contribution in [2.45, 2.75) is 42.9 Å². The molecule has 2 aliphatic rings. The van der Waals surface area contributed by atoms with Gasteiger partial charge in [0.1, 0.15) is 10.6 Å². The lowest BCUT2D eigenvalue weighted by molar-refractivity contribution is 0.246. The van der Waals surface area contributed by atoms with Crippen LogP contribution in [-0.2, 0) is 16.4 Å². The van der Waals surface area contributed by atoms with Gasteiger partial charge in [-0.05, 0) is 49.8 Å². The van der Waals surface area contributed by atoms with E-state index in [4.69, 9.17) is 20.9 Å². The zero-order chi connectivity index (χ0) is 19.0. The number of methoxy groups -OCH3 is 1. The molecule has 0 bridgehead atoms. The van der Waals surface area contributed by atoms with Crippen LogP contribution in [0.3, 0.4) is 0 Å². The van der Waals surface area contributed by atoms with Gasteiger partial charge in [-0.1, -0.05) is 16.8 Å². The van der Waals surface area contributed by atoms with Crippen LogP contribution in [0.5, 0.6) is 5.75 Å². The Morgan fingerprint density at radius 1 is 1.33 bits per heavy atom. The standard InChI is InChI=1S/C18H22ClN3O4S/c1-25-15-7-6-14(19)10-16(15)27(23,24)22-8-2-3-12(11-22)9-17-20-18(21-26-17)13-4-5-13/h6-7,10,12-13H,2-5,8-9,11H2,1H3/t12-/m1/s1. The van der Waals surface area contributed by atoms with Crippen LogP contribution in [0, 0.1) is 5.92 Å². The highest BCUT2D eigenvalue weighted by molar-refractivity contribution is 7.89. The fraction of sp³-hybridized carbons (Fsp3) is 0.556. The average Bonchev–Trinajstić information content (AvgIpc) is 3.41. The van der Waals surface area contributed by atoms with E-state index in [1.807, 2.05) is 0 Å². The number of rotatable bonds is 6. The molecule has 1 aliphatic carbocycles. The van der Waals surface area contributed by atoms with Crippen LogP contribution < -0.4 is 4.74 Å². The van der Waals surface area contributed by atoms with E-state index >= 15 is 0 Å². The molecular weight excluding hydrogens is 390 g/mol. The van der Waals surface area contributed by atoms with Crippen molar-refractivity contribution in [1.82, 2.24) is 14.4 Å². The van der Waals surface area contributed by atoms with Crippen LogP contribution in [0.15, 0.2) is 27.6 Å². The maximum atomic E-state index is 13.2. The van der Waals surface area contributed by atoms with Gasteiger partial charge >= 0.3 is 0 Å². The maximum Gasteiger partial charge on any atom is 0.246 e. The molecule has 1 aromatic heterocycles. The summed E-state index contributed by atoms with van der Waals surface area (Å²) in [5, 5.41) is 4.40. The zero-order valence-corrected chi connectivity index (χ0v) is 16.7. The molecule has 1 atom stereocenters. The third-order valence-corrected chi connectivity index (χ3v) is 7.24. The molecule has 2 fully saturated rings. The van der Waals surface area contributed by atoms with E-state index in [1.54, 1.807) is 12.1 Å². The summed E-state index contributed by atoms with van der Waals surface area (Å²) in [5.74, 6) is 2.27. The van der Waals surface area contributed by atoms with Gasteiger partial charge in [0.2, 0.25) is 15.9 Å². The van der Waals surface area contributed by atoms with Gasteiger partial charge in [-0.15, -0.1) is 0 Å². The number of benzene rings is 1. The molecule has 0 spiro atoms. The quantitative estimate of drug-likeness (QED) is 0.725. The predicted octanol–water partition coefficient (Wildman–Crippen LogP) is 3.25. The molecule has 9 heteroatoms. The van der Waals surface area contributed by atoms with Gasteiger partial charge in [-0.25, -0.2) is 8.42 Å². The number of hydrogen-bond donors (Lipinski definition) is 0. The molecule has 146 valence electrons. The molecule has 0 unspecified atom stereocenters. The molecule has 4 rings (SSSR count). The van der Waals surface area contributed by atoms with Crippen molar-refractivity contribution in [3.05, 3.63) is 34.9 Å². The Balaban J connectivity index is 1.50. The minimum Gasteiger partial charge on any atom is -0.495 e. The van der Waals surface area contributed by atoms with Crippen molar-refractivity contribution in [3.63, 3.8) is 0 Å². The smallest absolute Gasteiger partial charge is 0.246 e. The molecule has 1 aliphatic heterocycles. The van der Waals surface area contributed by atoms with Gasteiger partial charge < -0.3 is 9.26 Å². The monoisotopic (exact) mass is 411 g/mol. The van der Waals surface area contributed by atoms with Gasteiger partial charge in [0.25, 0.3) is 0 Å². The molecule has 0 radical (unpaired) electrons. The van der Waals surface area contributed by atoms with Gasteiger partial charge in [-0.2, -0.15) is 9.29 Å². The van der Waals surface area contributed by atoms with E-state index in [9.17, 15) is 8.42 Å². The zero-order valence-electron chi connectivity index (χ0n) is 15.1. The number of nitrogens with zero attached hydrogens (tertiary/aromatic N) is 3. The minimum atomic E-state index is -3.69. The highest BCUT2D eigenvalue weighted by Crippen LogP contribution is 2.38. The maximum absolute atomic E-state index is 13.2. The summed E-state index contributed by atoms with van der Waals surface area (Å²) in [6, 6.07) is 4.64. The van der Waals surface area contributed by atoms with Gasteiger partial charge in [0, 0.05) is 30.5 Å². The first-order valence-electron chi connectivity index (χ1n) is 9.13. The third kappa shape index (κ3) is 3.97. The molecule has 1 aromatic carbocycles. The SMILES string of the molecule is COc1ccc(Cl)cc1S(=O)(=O)N1CCC[C@H](Cc2nc(C3CC3)no2)C1. The van der Waals surface area contributed by atoms with Crippen molar-refractivity contribution in [2.24, 2.45) is 5.92 Å². The summed E-state index contributed by atoms with van der Waals surface area (Å²) in [7, 11) is -2.24. The molecular formula is C18H22ClN3O4S. The van der Waals surface area contributed by atoms with Crippen LogP contribution in [0.2, 0.25) is 5.02 Å². The molecule has 2 heterocycles. The predicted molar refractivity (Wildman–Crippen MR) is 99.5 cm³/mol. The first kappa shape index (κ1) is 18.7. The van der Waals surface area contributed by atoms with Crippen molar-refractivity contribution in [1.29, 1.82) is 0 Å².